The summed E-state index contributed by atoms with van der Waals surface area (Å²) in [5.41, 5.74) is 0.727. The Hall–Kier alpha value is -3.71. The van der Waals surface area contributed by atoms with E-state index in [4.69, 9.17) is 4.74 Å². The summed E-state index contributed by atoms with van der Waals surface area (Å²) in [5, 5.41) is 36.4. The molecule has 222 valence electrons. The van der Waals surface area contributed by atoms with E-state index in [2.05, 4.69) is 16.0 Å². The van der Waals surface area contributed by atoms with Gasteiger partial charge >= 0.3 is 12.1 Å². The number of aliphatic carboxylic acids is 1. The van der Waals surface area contributed by atoms with Crippen LogP contribution >= 0.6 is 0 Å². The van der Waals surface area contributed by atoms with E-state index in [0.29, 0.717) is 6.42 Å². The standard InChI is InChI=1S/C27H40N4O9/c1-15(2)13-19(25(36)31-12-8-11-20(31)23(34)29-22(17(4)33)26(37)38)28-24(35)21(16(3)32)30-27(39)40-14-18-9-6-5-7-10-18/h5-7,9-10,15-17,19-22,32-33H,8,11-14H2,1-4H3,(H,28,35)(H,29,34)(H,30,39)(H,37,38)/t16-,17-,19+,20+,21+,22+/m1/s1. The number of carbonyl (C=O) groups is 5. The first-order valence-electron chi connectivity index (χ1n) is 13.3. The molecule has 0 spiro atoms. The number of hydrogen-bond acceptors (Lipinski definition) is 8. The average molecular weight is 565 g/mol. The molecule has 40 heavy (non-hydrogen) atoms. The second kappa shape index (κ2) is 15.2. The van der Waals surface area contributed by atoms with Gasteiger partial charge in [0.25, 0.3) is 0 Å². The normalized spacial score (nSPS) is 18.7. The largest absolute Gasteiger partial charge is 0.480 e. The minimum absolute atomic E-state index is 0.0501. The van der Waals surface area contributed by atoms with Gasteiger partial charge in [-0.25, -0.2) is 9.59 Å². The van der Waals surface area contributed by atoms with Gasteiger partial charge in [-0.05, 0) is 44.6 Å². The number of hydrogen-bond donors (Lipinski definition) is 6. The quantitative estimate of drug-likeness (QED) is 0.193. The number of carboxylic acid groups (broad SMARTS) is 1. The number of rotatable bonds is 13. The maximum Gasteiger partial charge on any atom is 0.408 e. The summed E-state index contributed by atoms with van der Waals surface area (Å²) in [7, 11) is 0. The molecule has 1 heterocycles. The van der Waals surface area contributed by atoms with Gasteiger partial charge in [-0.15, -0.1) is 0 Å². The van der Waals surface area contributed by atoms with Gasteiger partial charge in [0.1, 0.15) is 24.7 Å². The van der Waals surface area contributed by atoms with Crippen LogP contribution in [0, 0.1) is 5.92 Å². The molecule has 1 aromatic rings. The van der Waals surface area contributed by atoms with Gasteiger partial charge in [0, 0.05) is 6.54 Å². The van der Waals surface area contributed by atoms with Gasteiger partial charge in [-0.3, -0.25) is 14.4 Å². The van der Waals surface area contributed by atoms with E-state index in [1.165, 1.54) is 18.7 Å². The summed E-state index contributed by atoms with van der Waals surface area (Å²) in [6.45, 7) is 6.37. The minimum atomic E-state index is -1.55. The molecule has 6 atom stereocenters. The number of carboxylic acids is 1. The molecule has 6 N–H and O–H groups in total. The van der Waals surface area contributed by atoms with Crippen molar-refractivity contribution in [1.82, 2.24) is 20.9 Å². The highest BCUT2D eigenvalue weighted by atomic mass is 16.5. The van der Waals surface area contributed by atoms with Crippen LogP contribution in [0.25, 0.3) is 0 Å². The number of ether oxygens (including phenoxy) is 1. The molecule has 0 saturated carbocycles. The predicted molar refractivity (Wildman–Crippen MR) is 143 cm³/mol. The summed E-state index contributed by atoms with van der Waals surface area (Å²) in [4.78, 5) is 64.6. The zero-order valence-corrected chi connectivity index (χ0v) is 23.2. The Balaban J connectivity index is 2.11. The zero-order valence-electron chi connectivity index (χ0n) is 23.2. The van der Waals surface area contributed by atoms with Crippen molar-refractivity contribution in [3.8, 4) is 0 Å². The van der Waals surface area contributed by atoms with E-state index in [1.807, 2.05) is 19.9 Å². The van der Waals surface area contributed by atoms with E-state index in [0.717, 1.165) is 5.56 Å². The van der Waals surface area contributed by atoms with Crippen molar-refractivity contribution < 1.29 is 44.0 Å². The van der Waals surface area contributed by atoms with Gasteiger partial charge in [0.15, 0.2) is 6.04 Å². The number of alkyl carbamates (subject to hydrolysis) is 1. The monoisotopic (exact) mass is 564 g/mol. The second-order valence-corrected chi connectivity index (χ2v) is 10.4. The number of carbonyl (C=O) groups excluding carboxylic acids is 4. The summed E-state index contributed by atoms with van der Waals surface area (Å²) < 4.78 is 5.14. The Kier molecular flexibility index (Phi) is 12.3. The third-order valence-corrected chi connectivity index (χ3v) is 6.46. The van der Waals surface area contributed by atoms with Gasteiger partial charge in [-0.2, -0.15) is 0 Å². The van der Waals surface area contributed by atoms with E-state index in [1.54, 1.807) is 24.3 Å². The molecule has 13 heteroatoms. The van der Waals surface area contributed by atoms with Crippen LogP contribution in [0.1, 0.15) is 52.5 Å². The Bertz CT molecular complexity index is 1030. The highest BCUT2D eigenvalue weighted by Gasteiger charge is 2.40. The molecular weight excluding hydrogens is 524 g/mol. The smallest absolute Gasteiger partial charge is 0.408 e. The lowest BCUT2D eigenvalue weighted by Gasteiger charge is -2.31. The van der Waals surface area contributed by atoms with Crippen molar-refractivity contribution in [2.75, 3.05) is 6.54 Å². The highest BCUT2D eigenvalue weighted by molar-refractivity contribution is 5.95. The Morgan fingerprint density at radius 2 is 1.57 bits per heavy atom. The van der Waals surface area contributed by atoms with Crippen LogP contribution in [0.4, 0.5) is 4.79 Å². The first-order chi connectivity index (χ1) is 18.8. The first-order valence-corrected chi connectivity index (χ1v) is 13.3. The van der Waals surface area contributed by atoms with E-state index < -0.39 is 66.2 Å². The number of nitrogens with zero attached hydrogens (tertiary/aromatic N) is 1. The molecule has 1 saturated heterocycles. The van der Waals surface area contributed by atoms with Crippen LogP contribution in [0.2, 0.25) is 0 Å². The SMILES string of the molecule is CC(C)C[C@H](NC(=O)[C@@H](NC(=O)OCc1ccccc1)[C@@H](C)O)C(=O)N1CCC[C@H]1C(=O)N[C@H](C(=O)O)[C@@H](C)O. The minimum Gasteiger partial charge on any atom is -0.480 e. The van der Waals surface area contributed by atoms with Crippen molar-refractivity contribution in [2.24, 2.45) is 5.92 Å². The molecule has 13 nitrogen and oxygen atoms in total. The van der Waals surface area contributed by atoms with Crippen molar-refractivity contribution in [2.45, 2.75) is 89.9 Å². The first kappa shape index (κ1) is 32.5. The summed E-state index contributed by atoms with van der Waals surface area (Å²) in [6.07, 6.45) is -2.66. The summed E-state index contributed by atoms with van der Waals surface area (Å²) in [6, 6.07) is 3.84. The zero-order chi connectivity index (χ0) is 30.0. The highest BCUT2D eigenvalue weighted by Crippen LogP contribution is 2.21. The molecular formula is C27H40N4O9. The Morgan fingerprint density at radius 1 is 0.950 bits per heavy atom. The van der Waals surface area contributed by atoms with E-state index >= 15 is 0 Å². The summed E-state index contributed by atoms with van der Waals surface area (Å²) in [5.74, 6) is -3.56. The molecule has 0 bridgehead atoms. The number of amides is 4. The maximum atomic E-state index is 13.5. The van der Waals surface area contributed by atoms with Crippen molar-refractivity contribution in [1.29, 1.82) is 0 Å². The Morgan fingerprint density at radius 3 is 2.12 bits per heavy atom. The molecule has 1 aliphatic heterocycles. The molecule has 1 fully saturated rings. The van der Waals surface area contributed by atoms with E-state index in [9.17, 15) is 39.3 Å². The molecule has 0 aromatic heterocycles. The molecule has 0 aliphatic carbocycles. The van der Waals surface area contributed by atoms with Gasteiger partial charge in [0.2, 0.25) is 17.7 Å². The van der Waals surface area contributed by atoms with Crippen molar-refractivity contribution in [3.63, 3.8) is 0 Å². The van der Waals surface area contributed by atoms with Crippen LogP contribution in [-0.4, -0.2) is 92.9 Å². The third-order valence-electron chi connectivity index (χ3n) is 6.46. The van der Waals surface area contributed by atoms with Crippen molar-refractivity contribution >= 4 is 29.8 Å². The fourth-order valence-corrected chi connectivity index (χ4v) is 4.39. The number of benzene rings is 1. The van der Waals surface area contributed by atoms with Gasteiger partial charge in [0.05, 0.1) is 12.2 Å². The van der Waals surface area contributed by atoms with Gasteiger partial charge in [-0.1, -0.05) is 44.2 Å². The lowest BCUT2D eigenvalue weighted by atomic mass is 10.0. The van der Waals surface area contributed by atoms with Crippen LogP contribution in [0.5, 0.6) is 0 Å². The number of likely N-dealkylation sites (tertiary alicyclic amines) is 1. The number of aliphatic hydroxyl groups is 2. The van der Waals surface area contributed by atoms with Crippen LogP contribution in [0.3, 0.4) is 0 Å². The second-order valence-electron chi connectivity index (χ2n) is 10.4. The van der Waals surface area contributed by atoms with Crippen LogP contribution < -0.4 is 16.0 Å². The average Bonchev–Trinajstić information content (AvgIpc) is 3.38. The van der Waals surface area contributed by atoms with E-state index in [-0.39, 0.29) is 31.9 Å². The Labute approximate surface area is 233 Å². The molecule has 1 aromatic carbocycles. The number of aliphatic hydroxyl groups excluding tert-OH is 2. The topological polar surface area (TPSA) is 195 Å². The molecule has 0 unspecified atom stereocenters. The molecule has 1 aliphatic rings. The predicted octanol–water partition coefficient (Wildman–Crippen LogP) is 0.134. The van der Waals surface area contributed by atoms with Gasteiger partial charge < -0.3 is 40.9 Å². The maximum absolute atomic E-state index is 13.5. The van der Waals surface area contributed by atoms with Crippen LogP contribution in [-0.2, 0) is 30.5 Å². The summed E-state index contributed by atoms with van der Waals surface area (Å²) >= 11 is 0. The fraction of sp³-hybridized carbons (Fsp3) is 0.593. The number of nitrogens with one attached hydrogen (secondary N) is 3. The fourth-order valence-electron chi connectivity index (χ4n) is 4.39. The molecule has 2 rings (SSSR count). The van der Waals surface area contributed by atoms with Crippen LogP contribution in [0.15, 0.2) is 30.3 Å². The molecule has 0 radical (unpaired) electrons. The third kappa shape index (κ3) is 9.49. The lowest BCUT2D eigenvalue weighted by molar-refractivity contribution is -0.147. The molecule has 4 amide bonds. The van der Waals surface area contributed by atoms with Crippen molar-refractivity contribution in [3.05, 3.63) is 35.9 Å². The lowest BCUT2D eigenvalue weighted by Crippen LogP contribution is -2.59.